The summed E-state index contributed by atoms with van der Waals surface area (Å²) in [6.07, 6.45) is 1.05. The van der Waals surface area contributed by atoms with Crippen molar-refractivity contribution in [1.29, 1.82) is 0 Å². The molecule has 2 aromatic carbocycles. The lowest BCUT2D eigenvalue weighted by atomic mass is 10.1. The third kappa shape index (κ3) is 3.90. The van der Waals surface area contributed by atoms with E-state index in [-0.39, 0.29) is 23.4 Å². The van der Waals surface area contributed by atoms with Gasteiger partial charge in [0.2, 0.25) is 0 Å². The summed E-state index contributed by atoms with van der Waals surface area (Å²) in [7, 11) is 0. The Kier molecular flexibility index (Phi) is 5.07. The van der Waals surface area contributed by atoms with Gasteiger partial charge in [-0.2, -0.15) is 0 Å². The van der Waals surface area contributed by atoms with Crippen molar-refractivity contribution >= 4 is 40.3 Å². The van der Waals surface area contributed by atoms with Crippen LogP contribution in [0.4, 0.5) is 16.2 Å². The van der Waals surface area contributed by atoms with Crippen LogP contribution in [-0.4, -0.2) is 29.6 Å². The second-order valence-electron chi connectivity index (χ2n) is 5.57. The Balaban J connectivity index is 1.75. The maximum absolute atomic E-state index is 12.4. The van der Waals surface area contributed by atoms with Gasteiger partial charge in [-0.1, -0.05) is 6.07 Å². The Bertz CT molecular complexity index is 1030. The van der Waals surface area contributed by atoms with Crippen LogP contribution in [0, 0.1) is 0 Å². The molecule has 8 heteroatoms. The van der Waals surface area contributed by atoms with Gasteiger partial charge in [0, 0.05) is 28.5 Å². The van der Waals surface area contributed by atoms with E-state index in [0.29, 0.717) is 11.1 Å². The molecule has 8 nitrogen and oxygen atoms in total. The van der Waals surface area contributed by atoms with E-state index in [1.807, 2.05) is 0 Å². The Morgan fingerprint density at radius 1 is 1.07 bits per heavy atom. The van der Waals surface area contributed by atoms with Gasteiger partial charge in [-0.25, -0.2) is 14.4 Å². The number of nitrogens with one attached hydrogen (secondary N) is 2. The molecule has 0 saturated heterocycles. The monoisotopic (exact) mass is 367 g/mol. The van der Waals surface area contributed by atoms with Crippen LogP contribution in [0.3, 0.4) is 0 Å². The number of esters is 2. The fraction of sp³-hybridized carbons (Fsp3) is 0.105. The summed E-state index contributed by atoms with van der Waals surface area (Å²) in [5.74, 6) is -1.66. The van der Waals surface area contributed by atoms with Crippen LogP contribution in [0.2, 0.25) is 0 Å². The highest BCUT2D eigenvalue weighted by molar-refractivity contribution is 6.10. The predicted octanol–water partition coefficient (Wildman–Crippen LogP) is 3.32. The van der Waals surface area contributed by atoms with E-state index < -0.39 is 18.0 Å². The lowest BCUT2D eigenvalue weighted by Gasteiger charge is -2.09. The molecule has 0 saturated carbocycles. The predicted molar refractivity (Wildman–Crippen MR) is 99.5 cm³/mol. The largest absolute Gasteiger partial charge is 0.450 e. The number of rotatable bonds is 4. The number of benzene rings is 2. The summed E-state index contributed by atoms with van der Waals surface area (Å²) < 4.78 is 9.72. The molecule has 4 N–H and O–H groups in total. The normalized spacial score (nSPS) is 10.4. The SMILES string of the molecule is CCOC(=O)Nc1ccc(C(=O)OC(=O)c2cccc3[nH]ccc23)c(N)c1. The van der Waals surface area contributed by atoms with E-state index in [9.17, 15) is 14.4 Å². The quantitative estimate of drug-likeness (QED) is 0.369. The van der Waals surface area contributed by atoms with Crippen LogP contribution >= 0.6 is 0 Å². The Morgan fingerprint density at radius 2 is 1.85 bits per heavy atom. The molecular formula is C19H17N3O5. The summed E-state index contributed by atoms with van der Waals surface area (Å²) in [5.41, 5.74) is 7.29. The Labute approximate surface area is 154 Å². The number of H-pyrrole nitrogens is 1. The average molecular weight is 367 g/mol. The van der Waals surface area contributed by atoms with E-state index in [4.69, 9.17) is 15.2 Å². The van der Waals surface area contributed by atoms with Crippen LogP contribution in [0.1, 0.15) is 27.6 Å². The molecule has 0 bridgehead atoms. The van der Waals surface area contributed by atoms with E-state index in [0.717, 1.165) is 5.52 Å². The molecule has 0 fully saturated rings. The minimum absolute atomic E-state index is 0.0130. The fourth-order valence-electron chi connectivity index (χ4n) is 2.57. The number of aromatic nitrogens is 1. The van der Waals surface area contributed by atoms with Crippen molar-refractivity contribution in [1.82, 2.24) is 4.98 Å². The summed E-state index contributed by atoms with van der Waals surface area (Å²) in [5, 5.41) is 3.12. The van der Waals surface area contributed by atoms with E-state index >= 15 is 0 Å². The van der Waals surface area contributed by atoms with E-state index in [1.165, 1.54) is 18.2 Å². The minimum Gasteiger partial charge on any atom is -0.450 e. The molecule has 138 valence electrons. The zero-order chi connectivity index (χ0) is 19.4. The van der Waals surface area contributed by atoms with Gasteiger partial charge >= 0.3 is 18.0 Å². The Hall–Kier alpha value is -3.81. The standard InChI is InChI=1S/C19H17N3O5/c1-2-26-19(25)22-11-6-7-14(15(20)10-11)18(24)27-17(23)13-4-3-5-16-12(13)8-9-21-16/h3-10,21H,2,20H2,1H3,(H,22,25). The molecule has 0 unspecified atom stereocenters. The van der Waals surface area contributed by atoms with Gasteiger partial charge in [0.1, 0.15) is 0 Å². The van der Waals surface area contributed by atoms with Crippen molar-refractivity contribution in [2.24, 2.45) is 0 Å². The molecule has 27 heavy (non-hydrogen) atoms. The van der Waals surface area contributed by atoms with Gasteiger partial charge in [-0.05, 0) is 43.3 Å². The van der Waals surface area contributed by atoms with Gasteiger partial charge in [-0.3, -0.25) is 5.32 Å². The summed E-state index contributed by atoms with van der Waals surface area (Å²) in [6, 6.07) is 11.0. The lowest BCUT2D eigenvalue weighted by molar-refractivity contribution is 0.0400. The average Bonchev–Trinajstić information content (AvgIpc) is 3.10. The molecule has 0 aliphatic rings. The first-order valence-corrected chi connectivity index (χ1v) is 8.15. The number of fused-ring (bicyclic) bond motifs is 1. The zero-order valence-corrected chi connectivity index (χ0v) is 14.4. The zero-order valence-electron chi connectivity index (χ0n) is 14.4. The van der Waals surface area contributed by atoms with Gasteiger partial charge in [0.15, 0.2) is 0 Å². The molecule has 0 radical (unpaired) electrons. The number of anilines is 2. The molecule has 0 aliphatic carbocycles. The number of amides is 1. The molecular weight excluding hydrogens is 350 g/mol. The number of hydrogen-bond acceptors (Lipinski definition) is 6. The molecule has 1 amide bonds. The molecule has 3 aromatic rings. The van der Waals surface area contributed by atoms with Crippen molar-refractivity contribution in [2.45, 2.75) is 6.92 Å². The molecule has 1 aromatic heterocycles. The third-order valence-corrected chi connectivity index (χ3v) is 3.79. The fourth-order valence-corrected chi connectivity index (χ4v) is 2.57. The van der Waals surface area contributed by atoms with E-state index in [1.54, 1.807) is 37.4 Å². The first kappa shape index (κ1) is 18.0. The molecule has 0 atom stereocenters. The number of nitrogen functional groups attached to an aromatic ring is 1. The number of carbonyl (C=O) groups is 3. The van der Waals surface area contributed by atoms with Crippen LogP contribution in [0.25, 0.3) is 10.9 Å². The topological polar surface area (TPSA) is 124 Å². The summed E-state index contributed by atoms with van der Waals surface area (Å²) in [6.45, 7) is 1.90. The van der Waals surface area contributed by atoms with Crippen molar-refractivity contribution < 1.29 is 23.9 Å². The van der Waals surface area contributed by atoms with Gasteiger partial charge < -0.3 is 20.2 Å². The Morgan fingerprint density at radius 3 is 2.59 bits per heavy atom. The number of aromatic amines is 1. The maximum Gasteiger partial charge on any atom is 0.411 e. The highest BCUT2D eigenvalue weighted by Crippen LogP contribution is 2.22. The molecule has 3 rings (SSSR count). The highest BCUT2D eigenvalue weighted by atomic mass is 16.6. The van der Waals surface area contributed by atoms with Crippen molar-refractivity contribution in [2.75, 3.05) is 17.7 Å². The summed E-state index contributed by atoms with van der Waals surface area (Å²) in [4.78, 5) is 39.1. The van der Waals surface area contributed by atoms with Gasteiger partial charge in [-0.15, -0.1) is 0 Å². The molecule has 0 aliphatic heterocycles. The first-order chi connectivity index (χ1) is 13.0. The second kappa shape index (κ2) is 7.61. The van der Waals surface area contributed by atoms with Crippen molar-refractivity contribution in [3.63, 3.8) is 0 Å². The van der Waals surface area contributed by atoms with Gasteiger partial charge in [0.25, 0.3) is 0 Å². The smallest absolute Gasteiger partial charge is 0.411 e. The maximum atomic E-state index is 12.4. The third-order valence-electron chi connectivity index (χ3n) is 3.79. The number of hydrogen-bond donors (Lipinski definition) is 3. The number of ether oxygens (including phenoxy) is 2. The van der Waals surface area contributed by atoms with Crippen LogP contribution in [0.15, 0.2) is 48.7 Å². The van der Waals surface area contributed by atoms with Crippen molar-refractivity contribution in [3.05, 3.63) is 59.8 Å². The number of nitrogens with two attached hydrogens (primary N) is 1. The van der Waals surface area contributed by atoms with Crippen molar-refractivity contribution in [3.8, 4) is 0 Å². The second-order valence-corrected chi connectivity index (χ2v) is 5.57. The van der Waals surface area contributed by atoms with Crippen LogP contribution < -0.4 is 11.1 Å². The first-order valence-electron chi connectivity index (χ1n) is 8.15. The van der Waals surface area contributed by atoms with Gasteiger partial charge in [0.05, 0.1) is 17.7 Å². The molecule has 0 spiro atoms. The molecule has 1 heterocycles. The highest BCUT2D eigenvalue weighted by Gasteiger charge is 2.19. The van der Waals surface area contributed by atoms with E-state index in [2.05, 4.69) is 10.3 Å². The summed E-state index contributed by atoms with van der Waals surface area (Å²) >= 11 is 0. The van der Waals surface area contributed by atoms with Crippen LogP contribution in [-0.2, 0) is 9.47 Å². The van der Waals surface area contributed by atoms with Crippen LogP contribution in [0.5, 0.6) is 0 Å². The minimum atomic E-state index is -0.882. The lowest BCUT2D eigenvalue weighted by Crippen LogP contribution is -2.16. The number of carbonyl (C=O) groups excluding carboxylic acids is 3.